The SMILES string of the molecule is CCOC(=O)C(OCOC(F)(F)C(F)(F)S(=O)(=O)O)(OC(=O)C12CC3CC(CC(O)(C3)C1)C2)C(F)(F)F. The molecule has 0 aromatic carbocycles. The molecule has 0 aromatic heterocycles. The van der Waals surface area contributed by atoms with Crippen LogP contribution in [0.1, 0.15) is 45.4 Å². The maximum absolute atomic E-state index is 14.1. The summed E-state index contributed by atoms with van der Waals surface area (Å²) in [6, 6.07) is 0. The van der Waals surface area contributed by atoms with E-state index in [4.69, 9.17) is 4.55 Å². The van der Waals surface area contributed by atoms with Gasteiger partial charge in [-0.15, -0.1) is 0 Å². The molecule has 4 rings (SSSR count). The molecule has 0 spiro atoms. The third-order valence-corrected chi connectivity index (χ3v) is 7.67. The van der Waals surface area contributed by atoms with Crippen molar-refractivity contribution in [1.82, 2.24) is 0 Å². The van der Waals surface area contributed by atoms with Crippen molar-refractivity contribution in [3.05, 3.63) is 0 Å². The Kier molecular flexibility index (Phi) is 7.38. The van der Waals surface area contributed by atoms with Gasteiger partial charge in [-0.1, -0.05) is 0 Å². The summed E-state index contributed by atoms with van der Waals surface area (Å²) in [6.45, 7) is -2.30. The fraction of sp³-hybridized carbons (Fsp3) is 0.895. The molecular weight excluding hydrogens is 553 g/mol. The Morgan fingerprint density at radius 3 is 1.95 bits per heavy atom. The number of carbonyl (C=O) groups is 2. The molecule has 2 N–H and O–H groups in total. The van der Waals surface area contributed by atoms with Gasteiger partial charge in [-0.2, -0.15) is 39.2 Å². The van der Waals surface area contributed by atoms with Crippen molar-refractivity contribution in [3.8, 4) is 0 Å². The lowest BCUT2D eigenvalue weighted by atomic mass is 9.48. The lowest BCUT2D eigenvalue weighted by Gasteiger charge is -2.59. The molecule has 0 aromatic rings. The van der Waals surface area contributed by atoms with Gasteiger partial charge in [0.05, 0.1) is 17.6 Å². The number of hydrogen-bond donors (Lipinski definition) is 2. The molecule has 18 heteroatoms. The molecule has 214 valence electrons. The van der Waals surface area contributed by atoms with E-state index in [1.54, 1.807) is 0 Å². The minimum atomic E-state index is -6.82. The number of carbonyl (C=O) groups excluding carboxylic acids is 2. The highest BCUT2D eigenvalue weighted by Crippen LogP contribution is 2.62. The van der Waals surface area contributed by atoms with Gasteiger partial charge in [-0.25, -0.2) is 4.79 Å². The zero-order valence-corrected chi connectivity index (χ0v) is 19.8. The minimum absolute atomic E-state index is 0.00341. The lowest BCUT2D eigenvalue weighted by Crippen LogP contribution is -2.63. The Morgan fingerprint density at radius 2 is 1.51 bits per heavy atom. The number of hydrogen-bond acceptors (Lipinski definition) is 9. The number of halogens is 7. The van der Waals surface area contributed by atoms with Crippen molar-refractivity contribution < 1.29 is 77.3 Å². The Morgan fingerprint density at radius 1 is 0.973 bits per heavy atom. The van der Waals surface area contributed by atoms with Gasteiger partial charge in [0.15, 0.2) is 6.79 Å². The molecule has 3 unspecified atom stereocenters. The van der Waals surface area contributed by atoms with E-state index in [1.807, 2.05) is 0 Å². The van der Waals surface area contributed by atoms with Gasteiger partial charge in [0.1, 0.15) is 0 Å². The fourth-order valence-corrected chi connectivity index (χ4v) is 6.08. The van der Waals surface area contributed by atoms with Crippen LogP contribution in [0.15, 0.2) is 0 Å². The maximum atomic E-state index is 14.1. The van der Waals surface area contributed by atoms with Crippen LogP contribution in [-0.2, 0) is 38.7 Å². The molecule has 0 radical (unpaired) electrons. The van der Waals surface area contributed by atoms with Crippen LogP contribution in [0.3, 0.4) is 0 Å². The third-order valence-electron chi connectivity index (χ3n) is 6.78. The van der Waals surface area contributed by atoms with Crippen molar-refractivity contribution in [1.29, 1.82) is 0 Å². The second kappa shape index (κ2) is 9.17. The average molecular weight is 576 g/mol. The highest BCUT2D eigenvalue weighted by Gasteiger charge is 2.72. The molecule has 0 amide bonds. The third kappa shape index (κ3) is 5.14. The van der Waals surface area contributed by atoms with Gasteiger partial charge in [0, 0.05) is 0 Å². The number of esters is 2. The van der Waals surface area contributed by atoms with E-state index in [0.717, 1.165) is 6.92 Å². The number of aliphatic hydroxyl groups is 1. The molecule has 4 saturated carbocycles. The number of alkyl halides is 7. The smallest absolute Gasteiger partial charge is 0.461 e. The van der Waals surface area contributed by atoms with Crippen LogP contribution in [0.5, 0.6) is 0 Å². The van der Waals surface area contributed by atoms with Crippen LogP contribution in [0.2, 0.25) is 0 Å². The molecule has 10 nitrogen and oxygen atoms in total. The summed E-state index contributed by atoms with van der Waals surface area (Å²) in [7, 11) is -6.82. The van der Waals surface area contributed by atoms with Crippen molar-refractivity contribution in [3.63, 3.8) is 0 Å². The predicted octanol–water partition coefficient (Wildman–Crippen LogP) is 2.75. The summed E-state index contributed by atoms with van der Waals surface area (Å²) >= 11 is 0. The molecule has 0 saturated heterocycles. The number of ether oxygens (including phenoxy) is 4. The van der Waals surface area contributed by atoms with E-state index in [9.17, 15) is 53.8 Å². The molecule has 4 aliphatic carbocycles. The second-order valence-electron chi connectivity index (χ2n) is 9.61. The molecule has 37 heavy (non-hydrogen) atoms. The molecule has 4 fully saturated rings. The normalized spacial score (nSPS) is 31.6. The van der Waals surface area contributed by atoms with Crippen LogP contribution >= 0.6 is 0 Å². The average Bonchev–Trinajstić information content (AvgIpc) is 2.69. The monoisotopic (exact) mass is 576 g/mol. The lowest BCUT2D eigenvalue weighted by molar-refractivity contribution is -0.404. The summed E-state index contributed by atoms with van der Waals surface area (Å²) in [5.74, 6) is -9.40. The summed E-state index contributed by atoms with van der Waals surface area (Å²) in [4.78, 5) is 25.4. The van der Waals surface area contributed by atoms with Gasteiger partial charge in [-0.05, 0) is 57.3 Å². The summed E-state index contributed by atoms with van der Waals surface area (Å²) in [6.07, 6.45) is -11.3. The van der Waals surface area contributed by atoms with Crippen LogP contribution in [0.4, 0.5) is 30.7 Å². The highest BCUT2D eigenvalue weighted by atomic mass is 32.2. The minimum Gasteiger partial charge on any atom is -0.461 e. The summed E-state index contributed by atoms with van der Waals surface area (Å²) in [5.41, 5.74) is -3.06. The van der Waals surface area contributed by atoms with E-state index >= 15 is 0 Å². The van der Waals surface area contributed by atoms with Crippen molar-refractivity contribution >= 4 is 22.1 Å². The predicted molar refractivity (Wildman–Crippen MR) is 102 cm³/mol. The van der Waals surface area contributed by atoms with E-state index in [-0.39, 0.29) is 31.1 Å². The first-order valence-corrected chi connectivity index (χ1v) is 12.3. The maximum Gasteiger partial charge on any atom is 0.468 e. The van der Waals surface area contributed by atoms with E-state index in [2.05, 4.69) is 18.9 Å². The first kappa shape index (κ1) is 29.8. The number of rotatable bonds is 10. The van der Waals surface area contributed by atoms with Gasteiger partial charge in [0.2, 0.25) is 0 Å². The molecule has 3 atom stereocenters. The van der Waals surface area contributed by atoms with Gasteiger partial charge >= 0.3 is 45.4 Å². The van der Waals surface area contributed by atoms with E-state index in [0.29, 0.717) is 19.3 Å². The molecule has 0 heterocycles. The van der Waals surface area contributed by atoms with Crippen molar-refractivity contribution in [2.24, 2.45) is 17.3 Å². The van der Waals surface area contributed by atoms with Gasteiger partial charge in [0.25, 0.3) is 0 Å². The molecule has 4 aliphatic rings. The van der Waals surface area contributed by atoms with Crippen LogP contribution in [-0.4, -0.2) is 72.3 Å². The first-order chi connectivity index (χ1) is 16.6. The summed E-state index contributed by atoms with van der Waals surface area (Å²) in [5, 5.41) is 4.41. The van der Waals surface area contributed by atoms with Crippen LogP contribution in [0, 0.1) is 17.3 Å². The standard InChI is InChI=1S/C19H23F7O10S/c1-2-33-13(28)16(17(20,21)22,34-9-35-18(23,24)19(25,26)37(30,31)32)36-12(27)14-4-10-3-11(5-14)7-15(29,6-10)8-14/h10-11,29H,2-9H2,1H3,(H,30,31,32). The fourth-order valence-electron chi connectivity index (χ4n) is 5.72. The Labute approximate surface area is 205 Å². The highest BCUT2D eigenvalue weighted by molar-refractivity contribution is 7.86. The summed E-state index contributed by atoms with van der Waals surface area (Å²) < 4.78 is 141. The Hall–Kier alpha value is -1.76. The van der Waals surface area contributed by atoms with Crippen molar-refractivity contribution in [2.75, 3.05) is 13.4 Å². The quantitative estimate of drug-likeness (QED) is 0.172. The van der Waals surface area contributed by atoms with Gasteiger partial charge < -0.3 is 14.6 Å². The Balaban J connectivity index is 1.91. The molecular formula is C19H23F7O10S. The molecule has 4 bridgehead atoms. The van der Waals surface area contributed by atoms with E-state index < -0.39 is 69.8 Å². The van der Waals surface area contributed by atoms with E-state index in [1.165, 1.54) is 0 Å². The Bertz CT molecular complexity index is 1020. The van der Waals surface area contributed by atoms with Crippen LogP contribution < -0.4 is 0 Å². The van der Waals surface area contributed by atoms with Crippen LogP contribution in [0.25, 0.3) is 0 Å². The van der Waals surface area contributed by atoms with Crippen molar-refractivity contribution in [2.45, 2.75) is 74.4 Å². The van der Waals surface area contributed by atoms with Gasteiger partial charge in [-0.3, -0.25) is 18.8 Å². The zero-order valence-electron chi connectivity index (χ0n) is 19.0. The molecule has 0 aliphatic heterocycles. The zero-order chi connectivity index (χ0) is 28.3. The largest absolute Gasteiger partial charge is 0.468 e. The second-order valence-corrected chi connectivity index (χ2v) is 11.1. The topological polar surface area (TPSA) is 146 Å². The first-order valence-electron chi connectivity index (χ1n) is 10.8.